The van der Waals surface area contributed by atoms with E-state index in [9.17, 15) is 9.90 Å². The summed E-state index contributed by atoms with van der Waals surface area (Å²) < 4.78 is 21.6. The number of benzene rings is 1. The van der Waals surface area contributed by atoms with Crippen LogP contribution in [0.4, 0.5) is 15.1 Å². The van der Waals surface area contributed by atoms with Crippen molar-refractivity contribution in [2.75, 3.05) is 18.5 Å². The zero-order valence-electron chi connectivity index (χ0n) is 17.7. The maximum absolute atomic E-state index is 15.8. The summed E-state index contributed by atoms with van der Waals surface area (Å²) in [5.74, 6) is 0.142. The number of hydrogen-bond donors (Lipinski definition) is 4. The number of ether oxygens (including phenoxy) is 1. The van der Waals surface area contributed by atoms with Gasteiger partial charge in [-0.25, -0.2) is 24.1 Å². The number of halogens is 1. The minimum absolute atomic E-state index is 0.223. The molecule has 2 aliphatic rings. The maximum Gasteiger partial charge on any atom is 0.321 e. The average Bonchev–Trinajstić information content (AvgIpc) is 3.42. The highest BCUT2D eigenvalue weighted by atomic mass is 19.1. The van der Waals surface area contributed by atoms with Crippen LogP contribution in [0.5, 0.6) is 0 Å². The summed E-state index contributed by atoms with van der Waals surface area (Å²) in [5, 5.41) is 15.7. The minimum Gasteiger partial charge on any atom is -0.382 e. The van der Waals surface area contributed by atoms with Gasteiger partial charge in [-0.15, -0.1) is 0 Å². The van der Waals surface area contributed by atoms with Gasteiger partial charge in [0.1, 0.15) is 11.4 Å². The smallest absolute Gasteiger partial charge is 0.321 e. The zero-order chi connectivity index (χ0) is 22.3. The van der Waals surface area contributed by atoms with Crippen molar-refractivity contribution in [3.05, 3.63) is 35.7 Å². The summed E-state index contributed by atoms with van der Waals surface area (Å²) in [6, 6.07) is 1.24. The number of nitrogens with zero attached hydrogens (tertiary/aromatic N) is 3. The van der Waals surface area contributed by atoms with Crippen molar-refractivity contribution in [3.63, 3.8) is 0 Å². The van der Waals surface area contributed by atoms with Gasteiger partial charge in [-0.05, 0) is 45.1 Å². The molecule has 1 atom stereocenters. The largest absolute Gasteiger partial charge is 0.382 e. The van der Waals surface area contributed by atoms with Crippen molar-refractivity contribution >= 4 is 23.0 Å². The summed E-state index contributed by atoms with van der Waals surface area (Å²) in [4.78, 5) is 28.0. The molecule has 2 amide bonds. The number of carbonyl (C=O) groups is 1. The zero-order valence-corrected chi connectivity index (χ0v) is 17.7. The lowest BCUT2D eigenvalue weighted by molar-refractivity contribution is -0.0467. The molecule has 1 aromatic carbocycles. The number of amides is 2. The molecule has 1 aliphatic heterocycles. The summed E-state index contributed by atoms with van der Waals surface area (Å²) in [6.45, 7) is 2.84. The Balaban J connectivity index is 1.58. The molecule has 1 unspecified atom stereocenters. The van der Waals surface area contributed by atoms with Crippen molar-refractivity contribution < 1.29 is 19.0 Å². The number of H-pyrrole nitrogens is 1. The van der Waals surface area contributed by atoms with E-state index >= 15 is 4.39 Å². The molecule has 0 bridgehead atoms. The summed E-state index contributed by atoms with van der Waals surface area (Å²) in [5.41, 5.74) is 1.17. The van der Waals surface area contributed by atoms with Gasteiger partial charge in [0.05, 0.1) is 17.1 Å². The molecule has 1 aliphatic carbocycles. The van der Waals surface area contributed by atoms with E-state index in [0.717, 1.165) is 12.8 Å². The van der Waals surface area contributed by atoms with E-state index in [1.807, 2.05) is 6.92 Å². The van der Waals surface area contributed by atoms with Crippen molar-refractivity contribution in [1.82, 2.24) is 25.3 Å². The van der Waals surface area contributed by atoms with E-state index < -0.39 is 23.6 Å². The number of urea groups is 1. The lowest BCUT2D eigenvalue weighted by Crippen LogP contribution is -2.35. The molecule has 32 heavy (non-hydrogen) atoms. The molecular weight excluding hydrogens is 415 g/mol. The van der Waals surface area contributed by atoms with E-state index in [0.29, 0.717) is 66.0 Å². The topological polar surface area (TPSA) is 125 Å². The highest BCUT2D eigenvalue weighted by molar-refractivity contribution is 5.92. The number of imidazole rings is 1. The molecule has 1 saturated carbocycles. The second-order valence-corrected chi connectivity index (χ2v) is 8.30. The van der Waals surface area contributed by atoms with E-state index in [2.05, 4.69) is 30.6 Å². The quantitative estimate of drug-likeness (QED) is 0.481. The molecule has 3 heterocycles. The molecule has 4 N–H and O–H groups in total. The molecule has 9 nitrogen and oxygen atoms in total. The Kier molecular flexibility index (Phi) is 5.26. The predicted octanol–water partition coefficient (Wildman–Crippen LogP) is 3.52. The van der Waals surface area contributed by atoms with Crippen molar-refractivity contribution in [3.8, 4) is 11.1 Å². The van der Waals surface area contributed by atoms with E-state index in [1.54, 1.807) is 6.07 Å². The highest BCUT2D eigenvalue weighted by Gasteiger charge is 2.39. The number of carbonyl (C=O) groups excluding carboxylic acids is 1. The van der Waals surface area contributed by atoms with Crippen LogP contribution in [0.3, 0.4) is 0 Å². The number of fused-ring (bicyclic) bond motifs is 1. The molecule has 3 aromatic rings. The van der Waals surface area contributed by atoms with Gasteiger partial charge in [0, 0.05) is 42.2 Å². The molecule has 5 rings (SSSR count). The summed E-state index contributed by atoms with van der Waals surface area (Å²) in [6.07, 6.45) is 6.36. The Bertz CT molecular complexity index is 1150. The monoisotopic (exact) mass is 440 g/mol. The number of aromatic amines is 1. The Labute approximate surface area is 183 Å². The van der Waals surface area contributed by atoms with Crippen LogP contribution < -0.4 is 10.6 Å². The Hall–Kier alpha value is -3.11. The second-order valence-electron chi connectivity index (χ2n) is 8.30. The van der Waals surface area contributed by atoms with Crippen LogP contribution in [0, 0.1) is 5.82 Å². The SMILES string of the molecule is CCNC(=O)Nc1nc2c(C3CCCO3)c(F)c(-c3cnc(C4(O)CCC4)nc3)cc2[nH]1. The molecule has 10 heteroatoms. The first kappa shape index (κ1) is 20.8. The molecular formula is C22H25FN6O3. The first-order valence-electron chi connectivity index (χ1n) is 10.9. The molecule has 0 radical (unpaired) electrons. The Morgan fingerprint density at radius 2 is 2.12 bits per heavy atom. The molecule has 0 spiro atoms. The standard InChI is InChI=1S/C22H25FN6O3/c1-2-24-21(30)29-20-27-14-9-13(12-10-25-19(26-11-12)22(31)6-4-7-22)17(23)16(18(14)28-20)15-5-3-8-32-15/h9-11,15,31H,2-8H2,1H3,(H3,24,27,28,29,30). The van der Waals surface area contributed by atoms with Crippen molar-refractivity contribution in [1.29, 1.82) is 0 Å². The van der Waals surface area contributed by atoms with Gasteiger partial charge in [0.2, 0.25) is 5.95 Å². The van der Waals surface area contributed by atoms with Gasteiger partial charge >= 0.3 is 6.03 Å². The fraction of sp³-hybridized carbons (Fsp3) is 0.455. The first-order valence-corrected chi connectivity index (χ1v) is 10.9. The van der Waals surface area contributed by atoms with Gasteiger partial charge in [0.15, 0.2) is 5.82 Å². The number of aliphatic hydroxyl groups is 1. The van der Waals surface area contributed by atoms with Gasteiger partial charge in [-0.3, -0.25) is 5.32 Å². The van der Waals surface area contributed by atoms with Gasteiger partial charge in [0.25, 0.3) is 0 Å². The fourth-order valence-electron chi connectivity index (χ4n) is 4.28. The van der Waals surface area contributed by atoms with E-state index in [1.165, 1.54) is 12.4 Å². The van der Waals surface area contributed by atoms with E-state index in [-0.39, 0.29) is 5.95 Å². The fourth-order valence-corrected chi connectivity index (χ4v) is 4.28. The minimum atomic E-state index is -0.979. The number of rotatable bonds is 5. The van der Waals surface area contributed by atoms with Crippen molar-refractivity contribution in [2.24, 2.45) is 0 Å². The van der Waals surface area contributed by atoms with Crippen LogP contribution >= 0.6 is 0 Å². The van der Waals surface area contributed by atoms with Gasteiger partial charge < -0.3 is 20.1 Å². The summed E-state index contributed by atoms with van der Waals surface area (Å²) >= 11 is 0. The maximum atomic E-state index is 15.8. The molecule has 168 valence electrons. The Morgan fingerprint density at radius 1 is 1.34 bits per heavy atom. The molecule has 1 saturated heterocycles. The third-order valence-corrected chi connectivity index (χ3v) is 6.13. The van der Waals surface area contributed by atoms with E-state index in [4.69, 9.17) is 4.74 Å². The van der Waals surface area contributed by atoms with Gasteiger partial charge in [-0.1, -0.05) is 0 Å². The lowest BCUT2D eigenvalue weighted by Gasteiger charge is -2.34. The number of anilines is 1. The van der Waals surface area contributed by atoms with Crippen LogP contribution in [0.25, 0.3) is 22.2 Å². The average molecular weight is 440 g/mol. The second kappa shape index (κ2) is 8.10. The lowest BCUT2D eigenvalue weighted by atomic mass is 9.79. The molecule has 2 aromatic heterocycles. The van der Waals surface area contributed by atoms with Crippen LogP contribution in [-0.2, 0) is 10.3 Å². The van der Waals surface area contributed by atoms with Crippen LogP contribution in [-0.4, -0.2) is 44.2 Å². The highest BCUT2D eigenvalue weighted by Crippen LogP contribution is 2.41. The normalized spacial score (nSPS) is 19.7. The molecule has 2 fully saturated rings. The number of hydrogen-bond acceptors (Lipinski definition) is 6. The van der Waals surface area contributed by atoms with Crippen LogP contribution in [0.2, 0.25) is 0 Å². The van der Waals surface area contributed by atoms with Crippen LogP contribution in [0.15, 0.2) is 18.5 Å². The first-order chi connectivity index (χ1) is 15.5. The number of aromatic nitrogens is 4. The number of nitrogens with one attached hydrogen (secondary N) is 3. The third kappa shape index (κ3) is 3.59. The van der Waals surface area contributed by atoms with Crippen LogP contribution in [0.1, 0.15) is 56.5 Å². The van der Waals surface area contributed by atoms with Gasteiger partial charge in [-0.2, -0.15) is 0 Å². The third-order valence-electron chi connectivity index (χ3n) is 6.13. The van der Waals surface area contributed by atoms with Crippen molar-refractivity contribution in [2.45, 2.75) is 50.7 Å². The summed E-state index contributed by atoms with van der Waals surface area (Å²) in [7, 11) is 0. The Morgan fingerprint density at radius 3 is 2.75 bits per heavy atom. The predicted molar refractivity (Wildman–Crippen MR) is 115 cm³/mol.